The van der Waals surface area contributed by atoms with Gasteiger partial charge in [-0.2, -0.15) is 52.7 Å². The first kappa shape index (κ1) is 53.0. The summed E-state index contributed by atoms with van der Waals surface area (Å²) in [5, 5.41) is 0. The largest absolute Gasteiger partial charge is 0.491 e. The number of hydrogen-bond acceptors (Lipinski definition) is 6. The van der Waals surface area contributed by atoms with Crippen molar-refractivity contribution in [3.8, 4) is 34.5 Å². The van der Waals surface area contributed by atoms with Crippen LogP contribution >= 0.6 is 0 Å². The van der Waals surface area contributed by atoms with Crippen molar-refractivity contribution in [1.29, 1.82) is 0 Å². The average molecular weight is 965 g/mol. The van der Waals surface area contributed by atoms with E-state index in [1.165, 1.54) is 13.8 Å². The van der Waals surface area contributed by atoms with E-state index in [1.54, 1.807) is 0 Å². The SMILES string of the molecule is CCOc1ccc(OC(F)(F)c2ccc(OCCCCCCC(CCCCCCOc3ccc(C(F)(F)Oc4ccc(OCC)c(F)c4F)c(F)c3F)C(F)=C(F)F)c(F)c2F)c(F)c1F. The van der Waals surface area contributed by atoms with Crippen molar-refractivity contribution in [1.82, 2.24) is 0 Å². The molecule has 364 valence electrons. The Morgan fingerprint density at radius 3 is 1.08 bits per heavy atom. The van der Waals surface area contributed by atoms with Crippen LogP contribution in [0.4, 0.5) is 65.9 Å². The number of hydrogen-bond donors (Lipinski definition) is 0. The van der Waals surface area contributed by atoms with E-state index in [0.717, 1.165) is 12.1 Å². The van der Waals surface area contributed by atoms with Crippen LogP contribution in [0.2, 0.25) is 0 Å². The molecule has 0 saturated carbocycles. The van der Waals surface area contributed by atoms with Crippen molar-refractivity contribution >= 4 is 0 Å². The standard InChI is InChI=1S/C45H43F15O6/c1-3-61-28-19-21-32(41(53)39(28)51)65-44(57,58)26-15-17-30(37(49)35(26)47)63-23-11-7-5-9-13-25(34(46)43(55)56)14-10-6-8-12-24-64-31-18-16-27(36(48)38(31)50)45(59,60)66-33-22-20-29(62-4-2)40(52)42(33)54/h15-22,25H,3-14,23-24H2,1-2H3. The molecule has 0 unspecified atom stereocenters. The number of rotatable bonds is 27. The highest BCUT2D eigenvalue weighted by Gasteiger charge is 2.42. The lowest BCUT2D eigenvalue weighted by Crippen LogP contribution is -2.25. The molecule has 0 aliphatic rings. The molecule has 0 fully saturated rings. The van der Waals surface area contributed by atoms with Crippen LogP contribution in [-0.4, -0.2) is 26.4 Å². The molecule has 0 spiro atoms. The van der Waals surface area contributed by atoms with Gasteiger partial charge in [0.1, 0.15) is 11.1 Å². The number of benzene rings is 4. The predicted molar refractivity (Wildman–Crippen MR) is 208 cm³/mol. The van der Waals surface area contributed by atoms with E-state index in [0.29, 0.717) is 62.1 Å². The minimum Gasteiger partial charge on any atom is -0.491 e. The number of unbranched alkanes of at least 4 members (excludes halogenated alkanes) is 6. The lowest BCUT2D eigenvalue weighted by Gasteiger charge is -2.20. The van der Waals surface area contributed by atoms with Gasteiger partial charge in [-0.25, -0.2) is 13.2 Å². The molecule has 0 atom stereocenters. The third kappa shape index (κ3) is 13.7. The van der Waals surface area contributed by atoms with Crippen LogP contribution in [-0.2, 0) is 12.2 Å². The molecule has 0 amide bonds. The maximum Gasteiger partial charge on any atom is 0.429 e. The van der Waals surface area contributed by atoms with Crippen LogP contribution in [0.15, 0.2) is 60.4 Å². The van der Waals surface area contributed by atoms with Crippen molar-refractivity contribution < 1.29 is 94.3 Å². The molecule has 0 aliphatic heterocycles. The summed E-state index contributed by atoms with van der Waals surface area (Å²) >= 11 is 0. The normalized spacial score (nSPS) is 11.8. The minimum atomic E-state index is -4.65. The highest BCUT2D eigenvalue weighted by molar-refractivity contribution is 5.39. The molecule has 66 heavy (non-hydrogen) atoms. The fourth-order valence-electron chi connectivity index (χ4n) is 6.45. The Bertz CT molecular complexity index is 2120. The van der Waals surface area contributed by atoms with Crippen LogP contribution in [0.5, 0.6) is 34.5 Å². The third-order valence-electron chi connectivity index (χ3n) is 9.77. The second-order valence-corrected chi connectivity index (χ2v) is 14.4. The van der Waals surface area contributed by atoms with Crippen molar-refractivity contribution in [3.63, 3.8) is 0 Å². The summed E-state index contributed by atoms with van der Waals surface area (Å²) in [6.07, 6.45) is -9.28. The van der Waals surface area contributed by atoms with Crippen LogP contribution in [0.1, 0.15) is 89.2 Å². The van der Waals surface area contributed by atoms with E-state index in [1.807, 2.05) is 0 Å². The topological polar surface area (TPSA) is 55.4 Å². The predicted octanol–water partition coefficient (Wildman–Crippen LogP) is 14.9. The third-order valence-corrected chi connectivity index (χ3v) is 9.77. The number of ether oxygens (including phenoxy) is 6. The van der Waals surface area contributed by atoms with Crippen LogP contribution < -0.4 is 28.4 Å². The molecule has 0 aliphatic carbocycles. The maximum atomic E-state index is 14.7. The molecule has 0 bridgehead atoms. The number of alkyl halides is 4. The van der Waals surface area contributed by atoms with E-state index in [4.69, 9.17) is 18.9 Å². The van der Waals surface area contributed by atoms with Gasteiger partial charge in [-0.15, -0.1) is 0 Å². The molecular weight excluding hydrogens is 921 g/mol. The van der Waals surface area contributed by atoms with Crippen LogP contribution in [0.25, 0.3) is 0 Å². The van der Waals surface area contributed by atoms with Crippen molar-refractivity contribution in [3.05, 3.63) is 118 Å². The van der Waals surface area contributed by atoms with E-state index in [2.05, 4.69) is 9.47 Å². The molecule has 0 aromatic heterocycles. The van der Waals surface area contributed by atoms with E-state index in [9.17, 15) is 65.9 Å². The Kier molecular flexibility index (Phi) is 19.5. The Labute approximate surface area is 369 Å². The lowest BCUT2D eigenvalue weighted by molar-refractivity contribution is -0.190. The molecular formula is C45H43F15O6. The summed E-state index contributed by atoms with van der Waals surface area (Å²) in [4.78, 5) is 0. The zero-order valence-electron chi connectivity index (χ0n) is 35.2. The summed E-state index contributed by atoms with van der Waals surface area (Å²) in [6, 6.07) is 5.13. The molecule has 6 nitrogen and oxygen atoms in total. The van der Waals surface area contributed by atoms with Crippen LogP contribution in [0.3, 0.4) is 0 Å². The zero-order chi connectivity index (χ0) is 48.8. The molecule has 4 aromatic rings. The second-order valence-electron chi connectivity index (χ2n) is 14.4. The lowest BCUT2D eigenvalue weighted by atomic mass is 9.93. The van der Waals surface area contributed by atoms with Gasteiger partial charge in [0.05, 0.1) is 26.4 Å². The molecule has 0 saturated heterocycles. The summed E-state index contributed by atoms with van der Waals surface area (Å²) < 4.78 is 244. The molecule has 4 rings (SSSR count). The maximum absolute atomic E-state index is 14.7. The van der Waals surface area contributed by atoms with E-state index in [-0.39, 0.29) is 65.0 Å². The van der Waals surface area contributed by atoms with Gasteiger partial charge in [0.25, 0.3) is 0 Å². The first-order valence-electron chi connectivity index (χ1n) is 20.5. The van der Waals surface area contributed by atoms with Crippen molar-refractivity contribution in [2.24, 2.45) is 5.92 Å². The van der Waals surface area contributed by atoms with Gasteiger partial charge in [0.15, 0.2) is 52.0 Å². The fourth-order valence-corrected chi connectivity index (χ4v) is 6.45. The van der Waals surface area contributed by atoms with E-state index >= 15 is 0 Å². The van der Waals surface area contributed by atoms with Gasteiger partial charge in [0.2, 0.25) is 34.9 Å². The Hall–Kier alpha value is -5.63. The van der Waals surface area contributed by atoms with Crippen molar-refractivity contribution in [2.75, 3.05) is 26.4 Å². The van der Waals surface area contributed by atoms with Gasteiger partial charge in [-0.05, 0) is 88.1 Å². The molecule has 0 N–H and O–H groups in total. The monoisotopic (exact) mass is 964 g/mol. The second kappa shape index (κ2) is 24.2. The number of halogens is 15. The molecule has 4 aromatic carbocycles. The van der Waals surface area contributed by atoms with Crippen molar-refractivity contribution in [2.45, 2.75) is 90.3 Å². The highest BCUT2D eigenvalue weighted by atomic mass is 19.3. The summed E-state index contributed by atoms with van der Waals surface area (Å²) in [5.74, 6) is -22.7. The smallest absolute Gasteiger partial charge is 0.429 e. The van der Waals surface area contributed by atoms with Gasteiger partial charge < -0.3 is 28.4 Å². The number of allylic oxidation sites excluding steroid dienone is 1. The highest BCUT2D eigenvalue weighted by Crippen LogP contribution is 2.41. The molecule has 0 heterocycles. The summed E-state index contributed by atoms with van der Waals surface area (Å²) in [7, 11) is 0. The van der Waals surface area contributed by atoms with Gasteiger partial charge >= 0.3 is 18.3 Å². The van der Waals surface area contributed by atoms with Gasteiger partial charge in [-0.1, -0.05) is 38.5 Å². The first-order valence-corrected chi connectivity index (χ1v) is 20.5. The minimum absolute atomic E-state index is 0.0227. The quantitative estimate of drug-likeness (QED) is 0.0438. The van der Waals surface area contributed by atoms with E-state index < -0.39 is 122 Å². The fraction of sp³-hybridized carbons (Fsp3) is 0.422. The Morgan fingerprint density at radius 2 is 0.712 bits per heavy atom. The average Bonchev–Trinajstić information content (AvgIpc) is 3.27. The molecule has 0 radical (unpaired) electrons. The van der Waals surface area contributed by atoms with Gasteiger partial charge in [-0.3, -0.25) is 0 Å². The van der Waals surface area contributed by atoms with Crippen LogP contribution in [0, 0.1) is 52.5 Å². The zero-order valence-corrected chi connectivity index (χ0v) is 35.2. The molecule has 21 heteroatoms. The van der Waals surface area contributed by atoms with Gasteiger partial charge in [0, 0.05) is 5.92 Å². The Morgan fingerprint density at radius 1 is 0.409 bits per heavy atom. The summed E-state index contributed by atoms with van der Waals surface area (Å²) in [6.45, 7) is 2.35. The Balaban J connectivity index is 1.17. The first-order chi connectivity index (χ1) is 31.2. The summed E-state index contributed by atoms with van der Waals surface area (Å²) in [5.41, 5.74) is -3.26.